The summed E-state index contributed by atoms with van der Waals surface area (Å²) in [7, 11) is 3.53. The van der Waals surface area contributed by atoms with E-state index in [2.05, 4.69) is 20.2 Å². The zero-order valence-electron chi connectivity index (χ0n) is 23.2. The van der Waals surface area contributed by atoms with E-state index in [-0.39, 0.29) is 23.9 Å². The Kier molecular flexibility index (Phi) is 8.04. The molecule has 1 amide bonds. The van der Waals surface area contributed by atoms with Crippen molar-refractivity contribution in [3.05, 3.63) is 53.3 Å². The molecule has 3 heterocycles. The number of likely N-dealkylation sites (N-methyl/N-ethyl adjacent to an activating group) is 1. The van der Waals surface area contributed by atoms with E-state index in [9.17, 15) is 4.79 Å². The molecule has 0 bridgehead atoms. The lowest BCUT2D eigenvalue weighted by atomic mass is 9.99. The second-order valence-electron chi connectivity index (χ2n) is 10.5. The highest BCUT2D eigenvalue weighted by atomic mass is 19.3. The highest BCUT2D eigenvalue weighted by Crippen LogP contribution is 2.39. The van der Waals surface area contributed by atoms with Crippen LogP contribution in [0.15, 0.2) is 36.4 Å². The number of methoxy groups -OCH3 is 1. The van der Waals surface area contributed by atoms with Gasteiger partial charge in [-0.3, -0.25) is 0 Å². The van der Waals surface area contributed by atoms with Crippen LogP contribution in [0.2, 0.25) is 0 Å². The van der Waals surface area contributed by atoms with E-state index in [1.54, 1.807) is 36.1 Å². The molecule has 2 aliphatic rings. The minimum atomic E-state index is -3.07. The van der Waals surface area contributed by atoms with Crippen LogP contribution in [0.25, 0.3) is 10.9 Å². The number of nitrogens with zero attached hydrogens (tertiary/aromatic N) is 4. The summed E-state index contributed by atoms with van der Waals surface area (Å²) in [6.07, 6.45) is -0.580. The molecule has 11 heteroatoms. The Hall–Kier alpha value is -3.57. The number of aryl methyl sites for hydroxylation is 1. The highest BCUT2D eigenvalue weighted by Gasteiger charge is 2.44. The van der Waals surface area contributed by atoms with E-state index in [1.807, 2.05) is 14.0 Å². The number of benzene rings is 2. The first-order chi connectivity index (χ1) is 19.2. The predicted molar refractivity (Wildman–Crippen MR) is 147 cm³/mol. The molecule has 2 aromatic carbocycles. The molecule has 0 spiro atoms. The van der Waals surface area contributed by atoms with Gasteiger partial charge in [-0.05, 0) is 51.4 Å². The fourth-order valence-corrected chi connectivity index (χ4v) is 5.31. The van der Waals surface area contributed by atoms with Crippen molar-refractivity contribution >= 4 is 22.8 Å². The zero-order valence-corrected chi connectivity index (χ0v) is 23.2. The molecule has 40 heavy (non-hydrogen) atoms. The molecule has 0 saturated carbocycles. The number of carbonyl (C=O) groups excluding carboxylic acids is 1. The first-order valence-electron chi connectivity index (χ1n) is 13.5. The largest absolute Gasteiger partial charge is 0.493 e. The van der Waals surface area contributed by atoms with Gasteiger partial charge in [-0.1, -0.05) is 18.2 Å². The highest BCUT2D eigenvalue weighted by molar-refractivity contribution is 5.92. The second kappa shape index (κ2) is 11.5. The Morgan fingerprint density at radius 2 is 2.02 bits per heavy atom. The van der Waals surface area contributed by atoms with Crippen LogP contribution >= 0.6 is 0 Å². The van der Waals surface area contributed by atoms with E-state index in [1.165, 1.54) is 19.2 Å². The third-order valence-corrected chi connectivity index (χ3v) is 7.46. The van der Waals surface area contributed by atoms with E-state index in [0.717, 1.165) is 13.1 Å². The van der Waals surface area contributed by atoms with Gasteiger partial charge in [-0.15, -0.1) is 0 Å². The van der Waals surface area contributed by atoms with Crippen LogP contribution < -0.4 is 14.8 Å². The summed E-state index contributed by atoms with van der Waals surface area (Å²) in [6.45, 7) is 6.44. The molecule has 2 aliphatic heterocycles. The third-order valence-electron chi connectivity index (χ3n) is 7.46. The summed E-state index contributed by atoms with van der Waals surface area (Å²) in [4.78, 5) is 26.0. The Labute approximate surface area is 232 Å². The fourth-order valence-electron chi connectivity index (χ4n) is 5.31. The van der Waals surface area contributed by atoms with Gasteiger partial charge in [-0.2, -0.15) is 8.78 Å². The molecule has 5 rings (SSSR count). The number of alkyl halides is 2. The molecule has 2 unspecified atom stereocenters. The quantitative estimate of drug-likeness (QED) is 0.438. The minimum absolute atomic E-state index is 0.00397. The normalized spacial score (nSPS) is 20.1. The summed E-state index contributed by atoms with van der Waals surface area (Å²) >= 11 is 0. The van der Waals surface area contributed by atoms with E-state index in [4.69, 9.17) is 14.2 Å². The van der Waals surface area contributed by atoms with Gasteiger partial charge in [0.2, 0.25) is 0 Å². The first kappa shape index (κ1) is 28.0. The SMILES string of the molecule is COc1cc2nc(C)nc(NCc3cccc(C(F)(F)C4CCCO4)c3)c2cc1OC(=O)N1CCN(C)CC1C. The molecule has 0 aliphatic carbocycles. The average molecular weight is 556 g/mol. The van der Waals surface area contributed by atoms with Crippen molar-refractivity contribution in [3.8, 4) is 11.5 Å². The Morgan fingerprint density at radius 3 is 2.75 bits per heavy atom. The number of nitrogens with one attached hydrogen (secondary N) is 1. The standard InChI is InChI=1S/C29H35F2N5O4/c1-18-17-35(3)10-11-36(18)28(37)40-25-14-22-23(15-24(25)38-4)33-19(2)34-27(22)32-16-20-7-5-8-21(13-20)29(30,31)26-9-6-12-39-26/h5,7-8,13-15,18,26H,6,9-12,16-17H2,1-4H3,(H,32,33,34). The Morgan fingerprint density at radius 1 is 1.20 bits per heavy atom. The molecule has 3 aromatic rings. The number of carbonyl (C=O) groups is 1. The van der Waals surface area contributed by atoms with Crippen LogP contribution in [0.5, 0.6) is 11.5 Å². The van der Waals surface area contributed by atoms with Crippen molar-refractivity contribution < 1.29 is 27.8 Å². The van der Waals surface area contributed by atoms with Gasteiger partial charge in [0.1, 0.15) is 17.7 Å². The van der Waals surface area contributed by atoms with Gasteiger partial charge < -0.3 is 29.3 Å². The summed E-state index contributed by atoms with van der Waals surface area (Å²) < 4.78 is 46.7. The lowest BCUT2D eigenvalue weighted by Crippen LogP contribution is -2.53. The summed E-state index contributed by atoms with van der Waals surface area (Å²) in [5, 5.41) is 3.87. The van der Waals surface area contributed by atoms with Gasteiger partial charge in [0.25, 0.3) is 5.92 Å². The smallest absolute Gasteiger partial charge is 0.415 e. The van der Waals surface area contributed by atoms with E-state index >= 15 is 8.78 Å². The van der Waals surface area contributed by atoms with Crippen LogP contribution in [0.4, 0.5) is 19.4 Å². The number of hydrogen-bond donors (Lipinski definition) is 1. The maximum atomic E-state index is 15.0. The molecule has 2 atom stereocenters. The van der Waals surface area contributed by atoms with Crippen molar-refractivity contribution in [1.82, 2.24) is 19.8 Å². The number of hydrogen-bond acceptors (Lipinski definition) is 8. The topological polar surface area (TPSA) is 89.1 Å². The Balaban J connectivity index is 1.39. The average Bonchev–Trinajstić information content (AvgIpc) is 3.48. The van der Waals surface area contributed by atoms with Crippen LogP contribution in [0.1, 0.15) is 36.7 Å². The monoisotopic (exact) mass is 555 g/mol. The lowest BCUT2D eigenvalue weighted by molar-refractivity contribution is -0.122. The molecule has 1 N–H and O–H groups in total. The van der Waals surface area contributed by atoms with Crippen molar-refractivity contribution in [2.45, 2.75) is 51.3 Å². The lowest BCUT2D eigenvalue weighted by Gasteiger charge is -2.37. The molecule has 0 radical (unpaired) electrons. The summed E-state index contributed by atoms with van der Waals surface area (Å²) in [5.74, 6) is -1.43. The maximum Gasteiger partial charge on any atom is 0.415 e. The van der Waals surface area contributed by atoms with Crippen LogP contribution in [-0.4, -0.2) is 78.4 Å². The van der Waals surface area contributed by atoms with Gasteiger partial charge >= 0.3 is 6.09 Å². The fraction of sp³-hybridized carbons (Fsp3) is 0.483. The number of halogens is 2. The van der Waals surface area contributed by atoms with Crippen molar-refractivity contribution in [2.24, 2.45) is 0 Å². The molecule has 1 aromatic heterocycles. The molecular formula is C29H35F2N5O4. The molecule has 2 saturated heterocycles. The molecule has 2 fully saturated rings. The van der Waals surface area contributed by atoms with Crippen LogP contribution in [0.3, 0.4) is 0 Å². The number of fused-ring (bicyclic) bond motifs is 1. The zero-order chi connectivity index (χ0) is 28.4. The number of ether oxygens (including phenoxy) is 3. The predicted octanol–water partition coefficient (Wildman–Crippen LogP) is 4.96. The minimum Gasteiger partial charge on any atom is -0.493 e. The summed E-state index contributed by atoms with van der Waals surface area (Å²) in [6, 6.07) is 9.72. The van der Waals surface area contributed by atoms with Gasteiger partial charge in [-0.25, -0.2) is 14.8 Å². The number of piperazine rings is 1. The van der Waals surface area contributed by atoms with Crippen molar-refractivity contribution in [3.63, 3.8) is 0 Å². The van der Waals surface area contributed by atoms with Crippen LogP contribution in [-0.2, 0) is 17.2 Å². The van der Waals surface area contributed by atoms with Crippen molar-refractivity contribution in [2.75, 3.05) is 45.7 Å². The van der Waals surface area contributed by atoms with Gasteiger partial charge in [0.15, 0.2) is 11.5 Å². The number of aromatic nitrogens is 2. The number of amides is 1. The molecule has 9 nitrogen and oxygen atoms in total. The molecular weight excluding hydrogens is 520 g/mol. The molecule has 214 valence electrons. The number of rotatable bonds is 7. The Bertz CT molecular complexity index is 1380. The van der Waals surface area contributed by atoms with Crippen LogP contribution in [0, 0.1) is 6.92 Å². The first-order valence-corrected chi connectivity index (χ1v) is 13.5. The number of anilines is 1. The maximum absolute atomic E-state index is 15.0. The van der Waals surface area contributed by atoms with Gasteiger partial charge in [0.05, 0.1) is 12.6 Å². The van der Waals surface area contributed by atoms with E-state index < -0.39 is 18.1 Å². The van der Waals surface area contributed by atoms with Gasteiger partial charge in [0, 0.05) is 55.8 Å². The van der Waals surface area contributed by atoms with Crippen molar-refractivity contribution in [1.29, 1.82) is 0 Å². The summed E-state index contributed by atoms with van der Waals surface area (Å²) in [5.41, 5.74) is 1.20. The third kappa shape index (κ3) is 5.80. The second-order valence-corrected chi connectivity index (χ2v) is 10.5. The van der Waals surface area contributed by atoms with E-state index in [0.29, 0.717) is 59.9 Å².